The highest BCUT2D eigenvalue weighted by molar-refractivity contribution is 6.31. The van der Waals surface area contributed by atoms with E-state index in [0.29, 0.717) is 6.54 Å². The third kappa shape index (κ3) is 5.66. The molecule has 0 saturated carbocycles. The molecule has 0 bridgehead atoms. The monoisotopic (exact) mass is 576 g/mol. The second-order valence-corrected chi connectivity index (χ2v) is 9.16. The van der Waals surface area contributed by atoms with Crippen LogP contribution in [0, 0.1) is 0 Å². The molecular weight excluding hydrogens is 554 g/mol. The Balaban J connectivity index is 1.52. The smallest absolute Gasteiger partial charge is 0.387 e. The van der Waals surface area contributed by atoms with Gasteiger partial charge < -0.3 is 30.5 Å². The minimum Gasteiger partial charge on any atom is -0.434 e. The van der Waals surface area contributed by atoms with Gasteiger partial charge in [-0.15, -0.1) is 5.10 Å². The van der Waals surface area contributed by atoms with Crippen molar-refractivity contribution in [3.63, 3.8) is 0 Å². The van der Waals surface area contributed by atoms with Gasteiger partial charge in [0.1, 0.15) is 23.6 Å². The Morgan fingerprint density at radius 2 is 2.15 bits per heavy atom. The van der Waals surface area contributed by atoms with E-state index in [4.69, 9.17) is 22.1 Å². The summed E-state index contributed by atoms with van der Waals surface area (Å²) >= 11 is 6.15. The Bertz CT molecular complexity index is 1560. The van der Waals surface area contributed by atoms with Crippen molar-refractivity contribution in [3.05, 3.63) is 53.4 Å². The molecule has 1 unspecified atom stereocenters. The molecule has 4 heterocycles. The number of morpholine rings is 1. The van der Waals surface area contributed by atoms with Crippen LogP contribution in [0.25, 0.3) is 16.9 Å². The molecule has 0 radical (unpaired) electrons. The van der Waals surface area contributed by atoms with E-state index in [2.05, 4.69) is 25.2 Å². The summed E-state index contributed by atoms with van der Waals surface area (Å²) in [5, 5.41) is 20.7. The molecule has 1 aromatic carbocycles. The van der Waals surface area contributed by atoms with E-state index in [-0.39, 0.29) is 77.0 Å². The molecular formula is C24H23ClF2N8O5. The summed E-state index contributed by atoms with van der Waals surface area (Å²) in [6.45, 7) is -2.88. The van der Waals surface area contributed by atoms with Gasteiger partial charge in [0.05, 0.1) is 25.0 Å². The maximum atomic E-state index is 13.4. The number of anilines is 2. The summed E-state index contributed by atoms with van der Waals surface area (Å²) in [5.74, 6) is -1.37. The van der Waals surface area contributed by atoms with Crippen molar-refractivity contribution in [2.45, 2.75) is 19.3 Å². The molecule has 1 aliphatic heterocycles. The fraction of sp³-hybridized carbons (Fsp3) is 0.292. The van der Waals surface area contributed by atoms with Crippen molar-refractivity contribution < 1.29 is 33.0 Å². The number of aliphatic hydroxyl groups is 1. The second-order valence-electron chi connectivity index (χ2n) is 8.73. The van der Waals surface area contributed by atoms with Crippen molar-refractivity contribution >= 4 is 40.6 Å². The predicted octanol–water partition coefficient (Wildman–Crippen LogP) is 1.90. The number of ether oxygens (including phenoxy) is 2. The molecule has 4 N–H and O–H groups in total. The molecule has 4 aromatic rings. The van der Waals surface area contributed by atoms with E-state index in [1.807, 2.05) is 0 Å². The van der Waals surface area contributed by atoms with Gasteiger partial charge in [-0.2, -0.15) is 13.9 Å². The number of nitrogen functional groups attached to an aromatic ring is 1. The first-order valence-corrected chi connectivity index (χ1v) is 12.3. The van der Waals surface area contributed by atoms with Gasteiger partial charge in [0.15, 0.2) is 11.5 Å². The molecule has 1 saturated heterocycles. The van der Waals surface area contributed by atoms with Crippen LogP contribution in [0.1, 0.15) is 10.4 Å². The number of nitrogens with two attached hydrogens (primary N) is 1. The van der Waals surface area contributed by atoms with Gasteiger partial charge in [0.25, 0.3) is 5.91 Å². The number of alkyl halides is 2. The minimum atomic E-state index is -3.15. The first-order valence-electron chi connectivity index (χ1n) is 12.0. The number of aromatic nitrogens is 5. The van der Waals surface area contributed by atoms with E-state index in [0.717, 1.165) is 0 Å². The van der Waals surface area contributed by atoms with Crippen molar-refractivity contribution in [2.75, 3.05) is 37.4 Å². The van der Waals surface area contributed by atoms with E-state index in [1.165, 1.54) is 44.7 Å². The molecule has 5 rings (SSSR count). The minimum absolute atomic E-state index is 0.0116. The number of nitrogens with one attached hydrogen (secondary N) is 1. The van der Waals surface area contributed by atoms with Crippen LogP contribution in [-0.2, 0) is 16.1 Å². The van der Waals surface area contributed by atoms with Gasteiger partial charge in [-0.25, -0.2) is 9.50 Å². The van der Waals surface area contributed by atoms with E-state index in [1.54, 1.807) is 12.3 Å². The van der Waals surface area contributed by atoms with E-state index < -0.39 is 18.6 Å². The first-order chi connectivity index (χ1) is 19.2. The van der Waals surface area contributed by atoms with Crippen molar-refractivity contribution in [2.24, 2.45) is 0 Å². The number of carbonyl (C=O) groups is 2. The number of benzene rings is 1. The number of hydrogen-bond donors (Lipinski definition) is 3. The van der Waals surface area contributed by atoms with E-state index >= 15 is 0 Å². The summed E-state index contributed by atoms with van der Waals surface area (Å²) in [7, 11) is 0. The summed E-state index contributed by atoms with van der Waals surface area (Å²) in [4.78, 5) is 32.0. The zero-order chi connectivity index (χ0) is 28.4. The molecule has 16 heteroatoms. The van der Waals surface area contributed by atoms with Crippen molar-refractivity contribution in [1.82, 2.24) is 29.3 Å². The van der Waals surface area contributed by atoms with Crippen LogP contribution in [0.3, 0.4) is 0 Å². The van der Waals surface area contributed by atoms with Crippen molar-refractivity contribution in [3.8, 4) is 17.0 Å². The number of amides is 2. The van der Waals surface area contributed by atoms with Crippen LogP contribution in [-0.4, -0.2) is 85.2 Å². The maximum Gasteiger partial charge on any atom is 0.387 e. The third-order valence-corrected chi connectivity index (χ3v) is 6.30. The highest BCUT2D eigenvalue weighted by atomic mass is 35.5. The molecule has 3 aromatic heterocycles. The lowest BCUT2D eigenvalue weighted by atomic mass is 10.1. The van der Waals surface area contributed by atoms with Crippen LogP contribution >= 0.6 is 11.6 Å². The number of hydrogen-bond acceptors (Lipinski definition) is 9. The summed E-state index contributed by atoms with van der Waals surface area (Å²) in [6.07, 6.45) is 3.90. The summed E-state index contributed by atoms with van der Waals surface area (Å²) in [6, 6.07) is 5.57. The number of halogens is 3. The summed E-state index contributed by atoms with van der Waals surface area (Å²) in [5.41, 5.74) is 6.27. The fourth-order valence-electron chi connectivity index (χ4n) is 4.28. The van der Waals surface area contributed by atoms with Gasteiger partial charge in [-0.3, -0.25) is 14.3 Å². The first kappa shape index (κ1) is 27.2. The lowest BCUT2D eigenvalue weighted by molar-refractivity contribution is -0.141. The SMILES string of the molecule is Nc1nn2cccnc2c1C(=O)Nc1cn(CC(=O)N2CCOC(CO)C2)nc1-c1cc(Cl)ccc1OC(F)F. The molecule has 13 nitrogen and oxygen atoms in total. The third-order valence-electron chi connectivity index (χ3n) is 6.06. The molecule has 2 amide bonds. The predicted molar refractivity (Wildman–Crippen MR) is 138 cm³/mol. The average Bonchev–Trinajstić information content (AvgIpc) is 3.48. The van der Waals surface area contributed by atoms with E-state index in [9.17, 15) is 23.5 Å². The topological polar surface area (TPSA) is 162 Å². The van der Waals surface area contributed by atoms with Crippen LogP contribution < -0.4 is 15.8 Å². The lowest BCUT2D eigenvalue weighted by Gasteiger charge is -2.32. The Hall–Kier alpha value is -4.34. The number of rotatable bonds is 8. The average molecular weight is 577 g/mol. The van der Waals surface area contributed by atoms with Crippen LogP contribution in [0.2, 0.25) is 5.02 Å². The number of nitrogens with zero attached hydrogens (tertiary/aromatic N) is 6. The van der Waals surface area contributed by atoms with Gasteiger partial charge >= 0.3 is 6.61 Å². The number of fused-ring (bicyclic) bond motifs is 1. The quantitative estimate of drug-likeness (QED) is 0.284. The van der Waals surface area contributed by atoms with Gasteiger partial charge in [-0.1, -0.05) is 11.6 Å². The Morgan fingerprint density at radius 3 is 2.92 bits per heavy atom. The summed E-state index contributed by atoms with van der Waals surface area (Å²) < 4.78 is 39.0. The Labute approximate surface area is 230 Å². The molecule has 210 valence electrons. The Kier molecular flexibility index (Phi) is 7.77. The molecule has 0 aliphatic carbocycles. The normalized spacial score (nSPS) is 15.5. The standard InChI is InChI=1S/C24H23ClF2N8O5/c25-13-2-3-17(40-24(26)27)15(8-13)20-16(30-23(38)19-21(28)32-35-5-1-4-29-22(19)35)10-34(31-20)11-18(37)33-6-7-39-14(9-33)12-36/h1-5,8,10,14,24,36H,6-7,9,11-12H2,(H2,28,32)(H,30,38). The van der Waals surface area contributed by atoms with Crippen molar-refractivity contribution in [1.29, 1.82) is 0 Å². The molecule has 1 fully saturated rings. The largest absolute Gasteiger partial charge is 0.434 e. The van der Waals surface area contributed by atoms with Crippen LogP contribution in [0.4, 0.5) is 20.3 Å². The molecule has 40 heavy (non-hydrogen) atoms. The Morgan fingerprint density at radius 1 is 1.32 bits per heavy atom. The van der Waals surface area contributed by atoms with Gasteiger partial charge in [0.2, 0.25) is 5.91 Å². The molecule has 0 spiro atoms. The highest BCUT2D eigenvalue weighted by Crippen LogP contribution is 2.37. The highest BCUT2D eigenvalue weighted by Gasteiger charge is 2.27. The number of aliphatic hydroxyl groups excluding tert-OH is 1. The van der Waals surface area contributed by atoms with Gasteiger partial charge in [0, 0.05) is 42.3 Å². The number of carbonyl (C=O) groups excluding carboxylic acids is 2. The van der Waals surface area contributed by atoms with Gasteiger partial charge in [-0.05, 0) is 24.3 Å². The lowest BCUT2D eigenvalue weighted by Crippen LogP contribution is -2.47. The maximum absolute atomic E-state index is 13.4. The van der Waals surface area contributed by atoms with Crippen LogP contribution in [0.5, 0.6) is 5.75 Å². The second kappa shape index (κ2) is 11.4. The molecule has 1 atom stereocenters. The fourth-order valence-corrected chi connectivity index (χ4v) is 4.45. The zero-order valence-electron chi connectivity index (χ0n) is 20.7. The molecule has 1 aliphatic rings. The zero-order valence-corrected chi connectivity index (χ0v) is 21.5. The van der Waals surface area contributed by atoms with Crippen LogP contribution in [0.15, 0.2) is 42.9 Å².